The van der Waals surface area contributed by atoms with Gasteiger partial charge in [-0.15, -0.1) is 0 Å². The topological polar surface area (TPSA) is 53.0 Å². The van der Waals surface area contributed by atoms with Crippen molar-refractivity contribution in [3.63, 3.8) is 0 Å². The number of carboxylic acids is 1. The van der Waals surface area contributed by atoms with Crippen molar-refractivity contribution < 1.29 is 9.90 Å². The molecule has 0 fully saturated rings. The first-order chi connectivity index (χ1) is 8.27. The number of rotatable bonds is 2. The van der Waals surface area contributed by atoms with E-state index in [2.05, 4.69) is 4.98 Å². The smallest absolute Gasteiger partial charge is 0.0743 e. The van der Waals surface area contributed by atoms with E-state index in [9.17, 15) is 9.90 Å². The first-order valence-electron chi connectivity index (χ1n) is 5.51. The zero-order valence-electron chi connectivity index (χ0n) is 9.09. The molecule has 0 radical (unpaired) electrons. The third-order valence-corrected chi connectivity index (χ3v) is 3.18. The Morgan fingerprint density at radius 2 is 1.94 bits per heavy atom. The van der Waals surface area contributed by atoms with Crippen molar-refractivity contribution in [2.45, 2.75) is 12.3 Å². The van der Waals surface area contributed by atoms with E-state index in [4.69, 9.17) is 0 Å². The molecule has 3 nitrogen and oxygen atoms in total. The number of aromatic nitrogens is 1. The number of carbonyl (C=O) groups excluding carboxylic acids is 1. The van der Waals surface area contributed by atoms with E-state index >= 15 is 0 Å². The molecule has 0 bridgehead atoms. The quantitative estimate of drug-likeness (QED) is 0.773. The molecule has 0 saturated carbocycles. The third-order valence-electron chi connectivity index (χ3n) is 3.18. The Hall–Kier alpha value is -2.16. The number of hydrogen-bond acceptors (Lipinski definition) is 3. The van der Waals surface area contributed by atoms with Crippen LogP contribution in [0.25, 0.3) is 11.3 Å². The highest BCUT2D eigenvalue weighted by atomic mass is 16.4. The number of carbonyl (C=O) groups is 1. The first-order valence-corrected chi connectivity index (χ1v) is 5.51. The van der Waals surface area contributed by atoms with Crippen molar-refractivity contribution in [3.05, 3.63) is 53.7 Å². The van der Waals surface area contributed by atoms with Gasteiger partial charge in [0, 0.05) is 23.6 Å². The summed E-state index contributed by atoms with van der Waals surface area (Å²) in [6, 6.07) is 11.6. The van der Waals surface area contributed by atoms with E-state index in [0.717, 1.165) is 22.4 Å². The molecule has 17 heavy (non-hydrogen) atoms. The van der Waals surface area contributed by atoms with Crippen molar-refractivity contribution >= 4 is 5.97 Å². The average molecular weight is 224 g/mol. The largest absolute Gasteiger partial charge is 0.550 e. The number of aliphatic carboxylic acids is 1. The van der Waals surface area contributed by atoms with Gasteiger partial charge in [-0.25, -0.2) is 0 Å². The van der Waals surface area contributed by atoms with Crippen LogP contribution in [0.2, 0.25) is 0 Å². The SMILES string of the molecule is O=C([O-])C[C@H]1c2ccccc2-c2ncccc21. The van der Waals surface area contributed by atoms with Crippen molar-refractivity contribution in [1.29, 1.82) is 0 Å². The predicted octanol–water partition coefficient (Wildman–Crippen LogP) is 1.33. The molecule has 0 saturated heterocycles. The second-order valence-corrected chi connectivity index (χ2v) is 4.16. The van der Waals surface area contributed by atoms with E-state index in [1.807, 2.05) is 36.4 Å². The predicted molar refractivity (Wildman–Crippen MR) is 61.1 cm³/mol. The molecular weight excluding hydrogens is 214 g/mol. The van der Waals surface area contributed by atoms with Crippen LogP contribution in [0.1, 0.15) is 23.5 Å². The highest BCUT2D eigenvalue weighted by Gasteiger charge is 2.28. The molecule has 3 rings (SSSR count). The fourth-order valence-electron chi connectivity index (χ4n) is 2.49. The Morgan fingerprint density at radius 3 is 2.76 bits per heavy atom. The molecule has 0 N–H and O–H groups in total. The van der Waals surface area contributed by atoms with E-state index < -0.39 is 5.97 Å². The lowest BCUT2D eigenvalue weighted by molar-refractivity contribution is -0.305. The maximum Gasteiger partial charge on any atom is 0.0743 e. The summed E-state index contributed by atoms with van der Waals surface area (Å²) in [7, 11) is 0. The van der Waals surface area contributed by atoms with Gasteiger partial charge in [0.05, 0.1) is 5.69 Å². The summed E-state index contributed by atoms with van der Waals surface area (Å²) >= 11 is 0. The van der Waals surface area contributed by atoms with Gasteiger partial charge in [0.15, 0.2) is 0 Å². The molecule has 0 unspecified atom stereocenters. The fraction of sp³-hybridized carbons (Fsp3) is 0.143. The summed E-state index contributed by atoms with van der Waals surface area (Å²) in [6.45, 7) is 0. The zero-order valence-corrected chi connectivity index (χ0v) is 9.09. The monoisotopic (exact) mass is 224 g/mol. The summed E-state index contributed by atoms with van der Waals surface area (Å²) in [4.78, 5) is 15.2. The minimum atomic E-state index is -1.03. The second-order valence-electron chi connectivity index (χ2n) is 4.16. The molecule has 0 amide bonds. The second kappa shape index (κ2) is 3.70. The summed E-state index contributed by atoms with van der Waals surface area (Å²) < 4.78 is 0. The third kappa shape index (κ3) is 1.51. The Morgan fingerprint density at radius 1 is 1.18 bits per heavy atom. The normalized spacial score (nSPS) is 16.4. The Labute approximate surface area is 98.8 Å². The summed E-state index contributed by atoms with van der Waals surface area (Å²) in [5.74, 6) is -1.15. The van der Waals surface area contributed by atoms with Gasteiger partial charge in [0.1, 0.15) is 0 Å². The van der Waals surface area contributed by atoms with E-state index in [-0.39, 0.29) is 12.3 Å². The van der Waals surface area contributed by atoms with Crippen LogP contribution >= 0.6 is 0 Å². The van der Waals surface area contributed by atoms with Crippen molar-refractivity contribution in [1.82, 2.24) is 4.98 Å². The average Bonchev–Trinajstić information content (AvgIpc) is 2.65. The lowest BCUT2D eigenvalue weighted by atomic mass is 9.94. The highest BCUT2D eigenvalue weighted by molar-refractivity contribution is 5.78. The van der Waals surface area contributed by atoms with E-state index in [1.165, 1.54) is 0 Å². The molecule has 1 atom stereocenters. The number of fused-ring (bicyclic) bond motifs is 3. The maximum atomic E-state index is 10.8. The van der Waals surface area contributed by atoms with Crippen molar-refractivity contribution in [3.8, 4) is 11.3 Å². The molecule has 1 aromatic carbocycles. The number of nitrogens with zero attached hydrogens (tertiary/aromatic N) is 1. The standard InChI is InChI=1S/C14H11NO2/c16-13(17)8-12-9-4-1-2-5-10(9)14-11(12)6-3-7-15-14/h1-7,12H,8H2,(H,16,17)/p-1/t12-/m0/s1. The van der Waals surface area contributed by atoms with Gasteiger partial charge in [-0.1, -0.05) is 30.3 Å². The number of carboxylic acid groups (broad SMARTS) is 1. The molecule has 1 heterocycles. The van der Waals surface area contributed by atoms with Gasteiger partial charge in [-0.2, -0.15) is 0 Å². The Balaban J connectivity index is 2.20. The van der Waals surface area contributed by atoms with Crippen LogP contribution in [0.5, 0.6) is 0 Å². The van der Waals surface area contributed by atoms with E-state index in [1.54, 1.807) is 6.20 Å². The number of benzene rings is 1. The molecule has 3 heteroatoms. The first kappa shape index (κ1) is 10.0. The van der Waals surface area contributed by atoms with Gasteiger partial charge in [0.2, 0.25) is 0 Å². The van der Waals surface area contributed by atoms with Crippen molar-refractivity contribution in [2.75, 3.05) is 0 Å². The minimum Gasteiger partial charge on any atom is -0.550 e. The molecule has 1 aromatic heterocycles. The fourth-order valence-corrected chi connectivity index (χ4v) is 2.49. The molecule has 2 aromatic rings. The van der Waals surface area contributed by atoms with Gasteiger partial charge in [0.25, 0.3) is 0 Å². The molecule has 0 aliphatic heterocycles. The molecular formula is C14H10NO2-. The summed E-state index contributed by atoms with van der Waals surface area (Å²) in [5, 5.41) is 10.8. The Kier molecular flexibility index (Phi) is 2.18. The summed E-state index contributed by atoms with van der Waals surface area (Å²) in [5.41, 5.74) is 3.95. The van der Waals surface area contributed by atoms with Crippen LogP contribution in [0.4, 0.5) is 0 Å². The van der Waals surface area contributed by atoms with Crippen LogP contribution in [0.15, 0.2) is 42.6 Å². The van der Waals surface area contributed by atoms with Crippen LogP contribution in [-0.2, 0) is 4.79 Å². The highest BCUT2D eigenvalue weighted by Crippen LogP contribution is 2.44. The van der Waals surface area contributed by atoms with E-state index in [0.29, 0.717) is 0 Å². The van der Waals surface area contributed by atoms with Crippen LogP contribution in [-0.4, -0.2) is 11.0 Å². The Bertz CT molecular complexity index is 547. The maximum absolute atomic E-state index is 10.8. The van der Waals surface area contributed by atoms with Gasteiger partial charge in [-0.05, 0) is 23.6 Å². The zero-order chi connectivity index (χ0) is 11.8. The van der Waals surface area contributed by atoms with Crippen LogP contribution in [0, 0.1) is 0 Å². The van der Waals surface area contributed by atoms with Crippen LogP contribution in [0.3, 0.4) is 0 Å². The minimum absolute atomic E-state index is 0.00963. The van der Waals surface area contributed by atoms with Gasteiger partial charge >= 0.3 is 0 Å². The summed E-state index contributed by atoms with van der Waals surface area (Å²) in [6.07, 6.45) is 1.74. The van der Waals surface area contributed by atoms with Gasteiger partial charge < -0.3 is 9.90 Å². The van der Waals surface area contributed by atoms with Crippen LogP contribution < -0.4 is 5.11 Å². The molecule has 1 aliphatic carbocycles. The lowest BCUT2D eigenvalue weighted by Gasteiger charge is -2.13. The number of pyridine rings is 1. The molecule has 0 spiro atoms. The lowest BCUT2D eigenvalue weighted by Crippen LogP contribution is -2.24. The van der Waals surface area contributed by atoms with Crippen molar-refractivity contribution in [2.24, 2.45) is 0 Å². The van der Waals surface area contributed by atoms with Gasteiger partial charge in [-0.3, -0.25) is 4.98 Å². The molecule has 84 valence electrons. The molecule has 1 aliphatic rings. The number of hydrogen-bond donors (Lipinski definition) is 0.